The highest BCUT2D eigenvalue weighted by Crippen LogP contribution is 2.34. The largest absolute Gasteiger partial charge is 0.384 e. The number of benzene rings is 1. The van der Waals surface area contributed by atoms with Gasteiger partial charge in [0.15, 0.2) is 0 Å². The summed E-state index contributed by atoms with van der Waals surface area (Å²) in [7, 11) is 0. The van der Waals surface area contributed by atoms with Crippen molar-refractivity contribution in [1.82, 2.24) is 15.1 Å². The zero-order chi connectivity index (χ0) is 17.2. The van der Waals surface area contributed by atoms with E-state index in [0.29, 0.717) is 6.54 Å². The van der Waals surface area contributed by atoms with Gasteiger partial charge in [0.1, 0.15) is 5.60 Å². The third-order valence-electron chi connectivity index (χ3n) is 5.24. The maximum Gasteiger partial charge on any atom is 0.102 e. The lowest BCUT2D eigenvalue weighted by Crippen LogP contribution is -2.40. The van der Waals surface area contributed by atoms with Crippen molar-refractivity contribution in [3.8, 4) is 0 Å². The lowest BCUT2D eigenvalue weighted by molar-refractivity contribution is 0.0189. The summed E-state index contributed by atoms with van der Waals surface area (Å²) in [6, 6.07) is 8.31. The van der Waals surface area contributed by atoms with Gasteiger partial charge >= 0.3 is 0 Å². The van der Waals surface area contributed by atoms with E-state index < -0.39 is 5.60 Å². The number of hydrogen-bond acceptors (Lipinski definition) is 3. The minimum absolute atomic E-state index is 0.585. The molecule has 2 aromatic rings. The van der Waals surface area contributed by atoms with Gasteiger partial charge in [-0.2, -0.15) is 5.10 Å². The number of rotatable bonds is 6. The maximum absolute atomic E-state index is 11.1. The maximum atomic E-state index is 11.1. The van der Waals surface area contributed by atoms with Gasteiger partial charge in [0.2, 0.25) is 0 Å². The van der Waals surface area contributed by atoms with Crippen LogP contribution in [0.25, 0.3) is 0 Å². The van der Waals surface area contributed by atoms with Gasteiger partial charge in [-0.05, 0) is 50.7 Å². The molecule has 2 N–H and O–H groups in total. The smallest absolute Gasteiger partial charge is 0.102 e. The highest BCUT2D eigenvalue weighted by molar-refractivity contribution is 5.35. The fourth-order valence-electron chi connectivity index (χ4n) is 3.90. The summed E-state index contributed by atoms with van der Waals surface area (Å²) in [6.45, 7) is 8.68. The average molecular weight is 327 g/mol. The van der Waals surface area contributed by atoms with Crippen molar-refractivity contribution in [1.29, 1.82) is 0 Å². The van der Waals surface area contributed by atoms with Crippen LogP contribution in [0, 0.1) is 13.8 Å². The second kappa shape index (κ2) is 7.08. The zero-order valence-electron chi connectivity index (χ0n) is 15.1. The van der Waals surface area contributed by atoms with E-state index in [4.69, 9.17) is 0 Å². The van der Waals surface area contributed by atoms with Gasteiger partial charge < -0.3 is 10.4 Å². The van der Waals surface area contributed by atoms with E-state index in [9.17, 15) is 5.11 Å². The Balaban J connectivity index is 1.69. The first-order chi connectivity index (χ1) is 11.5. The molecule has 24 heavy (non-hydrogen) atoms. The molecule has 0 bridgehead atoms. The number of aliphatic hydroxyl groups is 1. The molecule has 1 aromatic carbocycles. The number of nitrogens with zero attached hydrogens (tertiary/aromatic N) is 2. The van der Waals surface area contributed by atoms with Crippen LogP contribution < -0.4 is 5.32 Å². The molecule has 0 saturated carbocycles. The molecule has 0 aliphatic heterocycles. The van der Waals surface area contributed by atoms with Crippen LogP contribution >= 0.6 is 0 Å². The molecular formula is C20H29N3O. The summed E-state index contributed by atoms with van der Waals surface area (Å²) in [4.78, 5) is 0. The van der Waals surface area contributed by atoms with Crippen molar-refractivity contribution in [3.63, 3.8) is 0 Å². The van der Waals surface area contributed by atoms with Crippen LogP contribution in [0.15, 0.2) is 24.3 Å². The SMILES string of the molecule is CCCn1nc(C)c(CNCC2(O)CCCc3ccccc32)c1C. The van der Waals surface area contributed by atoms with E-state index >= 15 is 0 Å². The second-order valence-electron chi connectivity index (χ2n) is 7.02. The van der Waals surface area contributed by atoms with E-state index in [2.05, 4.69) is 54.1 Å². The molecule has 3 rings (SSSR count). The minimum Gasteiger partial charge on any atom is -0.384 e. The van der Waals surface area contributed by atoms with Gasteiger partial charge in [0, 0.05) is 30.9 Å². The molecular weight excluding hydrogens is 298 g/mol. The van der Waals surface area contributed by atoms with Crippen LogP contribution in [0.4, 0.5) is 0 Å². The lowest BCUT2D eigenvalue weighted by atomic mass is 9.79. The molecule has 0 radical (unpaired) electrons. The summed E-state index contributed by atoms with van der Waals surface area (Å²) in [5.41, 5.74) is 5.21. The van der Waals surface area contributed by atoms with Crippen molar-refractivity contribution in [3.05, 3.63) is 52.3 Å². The summed E-state index contributed by atoms with van der Waals surface area (Å²) in [6.07, 6.45) is 4.03. The van der Waals surface area contributed by atoms with Gasteiger partial charge in [-0.3, -0.25) is 4.68 Å². The monoisotopic (exact) mass is 327 g/mol. The Labute approximate surface area is 144 Å². The van der Waals surface area contributed by atoms with Crippen molar-refractivity contribution < 1.29 is 5.11 Å². The van der Waals surface area contributed by atoms with E-state index in [1.807, 2.05) is 6.07 Å². The molecule has 4 nitrogen and oxygen atoms in total. The fraction of sp³-hybridized carbons (Fsp3) is 0.550. The molecule has 1 aromatic heterocycles. The molecule has 1 heterocycles. The Hall–Kier alpha value is -1.65. The van der Waals surface area contributed by atoms with Crippen molar-refractivity contribution in [2.75, 3.05) is 6.54 Å². The highest BCUT2D eigenvalue weighted by atomic mass is 16.3. The molecule has 4 heteroatoms. The average Bonchev–Trinajstić information content (AvgIpc) is 2.83. The summed E-state index contributed by atoms with van der Waals surface area (Å²) in [5.74, 6) is 0. The summed E-state index contributed by atoms with van der Waals surface area (Å²) in [5, 5.41) is 19.3. The van der Waals surface area contributed by atoms with Gasteiger partial charge in [-0.15, -0.1) is 0 Å². The third-order valence-corrected chi connectivity index (χ3v) is 5.24. The molecule has 0 saturated heterocycles. The third kappa shape index (κ3) is 3.26. The first-order valence-electron chi connectivity index (χ1n) is 9.09. The van der Waals surface area contributed by atoms with E-state index in [1.165, 1.54) is 16.8 Å². The first kappa shape index (κ1) is 17.2. The zero-order valence-corrected chi connectivity index (χ0v) is 15.1. The van der Waals surface area contributed by atoms with Gasteiger partial charge in [-0.25, -0.2) is 0 Å². The van der Waals surface area contributed by atoms with Crippen LogP contribution in [0.1, 0.15) is 54.3 Å². The number of nitrogens with one attached hydrogen (secondary N) is 1. The Morgan fingerprint density at radius 1 is 1.29 bits per heavy atom. The van der Waals surface area contributed by atoms with Crippen molar-refractivity contribution in [2.45, 2.75) is 65.1 Å². The molecule has 1 unspecified atom stereocenters. The topological polar surface area (TPSA) is 50.1 Å². The molecule has 0 spiro atoms. The van der Waals surface area contributed by atoms with E-state index in [1.54, 1.807) is 0 Å². The molecule has 1 aliphatic rings. The predicted octanol–water partition coefficient (Wildman–Crippen LogP) is 3.22. The molecule has 0 amide bonds. The molecule has 1 atom stereocenters. The van der Waals surface area contributed by atoms with Gasteiger partial charge in [0.25, 0.3) is 0 Å². The molecule has 130 valence electrons. The molecule has 1 aliphatic carbocycles. The predicted molar refractivity (Wildman–Crippen MR) is 97.0 cm³/mol. The minimum atomic E-state index is -0.754. The summed E-state index contributed by atoms with van der Waals surface area (Å²) >= 11 is 0. The number of aromatic nitrogens is 2. The first-order valence-corrected chi connectivity index (χ1v) is 9.09. The van der Waals surface area contributed by atoms with Crippen LogP contribution in [-0.2, 0) is 25.1 Å². The number of aryl methyl sites for hydroxylation is 3. The number of hydrogen-bond donors (Lipinski definition) is 2. The van der Waals surface area contributed by atoms with Gasteiger partial charge in [-0.1, -0.05) is 31.2 Å². The van der Waals surface area contributed by atoms with Crippen LogP contribution in [0.5, 0.6) is 0 Å². The summed E-state index contributed by atoms with van der Waals surface area (Å²) < 4.78 is 2.09. The quantitative estimate of drug-likeness (QED) is 0.856. The van der Waals surface area contributed by atoms with Crippen molar-refractivity contribution in [2.24, 2.45) is 0 Å². The lowest BCUT2D eigenvalue weighted by Gasteiger charge is -2.34. The van der Waals surface area contributed by atoms with E-state index in [-0.39, 0.29) is 0 Å². The Bertz CT molecular complexity index is 707. The van der Waals surface area contributed by atoms with Crippen molar-refractivity contribution >= 4 is 0 Å². The molecule has 0 fully saturated rings. The van der Waals surface area contributed by atoms with Gasteiger partial charge in [0.05, 0.1) is 5.69 Å². The second-order valence-corrected chi connectivity index (χ2v) is 7.02. The van der Waals surface area contributed by atoms with Crippen LogP contribution in [0.2, 0.25) is 0 Å². The fourth-order valence-corrected chi connectivity index (χ4v) is 3.90. The van der Waals surface area contributed by atoms with Crippen LogP contribution in [-0.4, -0.2) is 21.4 Å². The normalized spacial score (nSPS) is 20.2. The Morgan fingerprint density at radius 2 is 2.08 bits per heavy atom. The highest BCUT2D eigenvalue weighted by Gasteiger charge is 2.33. The van der Waals surface area contributed by atoms with Crippen LogP contribution in [0.3, 0.4) is 0 Å². The standard InChI is InChI=1S/C20H29N3O/c1-4-12-23-16(3)18(15(2)22-23)13-21-14-20(24)11-7-9-17-8-5-6-10-19(17)20/h5-6,8,10,21,24H,4,7,9,11-14H2,1-3H3. The number of fused-ring (bicyclic) bond motifs is 1. The van der Waals surface area contributed by atoms with E-state index in [0.717, 1.165) is 50.0 Å². The Kier molecular flexibility index (Phi) is 5.07. The Morgan fingerprint density at radius 3 is 2.88 bits per heavy atom.